The molecule has 0 fully saturated rings. The lowest BCUT2D eigenvalue weighted by Gasteiger charge is -2.20. The Bertz CT molecular complexity index is 364. The summed E-state index contributed by atoms with van der Waals surface area (Å²) in [5.74, 6) is -1.47. The molecule has 0 aliphatic heterocycles. The molecule has 2 nitrogen and oxygen atoms in total. The van der Waals surface area contributed by atoms with E-state index in [9.17, 15) is 13.9 Å². The van der Waals surface area contributed by atoms with Gasteiger partial charge in [-0.05, 0) is 18.6 Å². The third kappa shape index (κ3) is 3.72. The topological polar surface area (TPSA) is 46.2 Å². The highest BCUT2D eigenvalue weighted by Crippen LogP contribution is 2.26. The minimum atomic E-state index is -1.03. The van der Waals surface area contributed by atoms with E-state index in [1.54, 1.807) is 0 Å². The van der Waals surface area contributed by atoms with Gasteiger partial charge in [0.15, 0.2) is 0 Å². The summed E-state index contributed by atoms with van der Waals surface area (Å²) in [5, 5.41) is 9.75. The number of benzene rings is 1. The normalized spacial score (nSPS) is 14.7. The van der Waals surface area contributed by atoms with Gasteiger partial charge >= 0.3 is 0 Å². The van der Waals surface area contributed by atoms with E-state index in [0.29, 0.717) is 10.9 Å². The van der Waals surface area contributed by atoms with E-state index in [4.69, 9.17) is 5.73 Å². The lowest BCUT2D eigenvalue weighted by Crippen LogP contribution is -2.28. The molecule has 0 saturated heterocycles. The third-order valence-electron chi connectivity index (χ3n) is 2.65. The minimum absolute atomic E-state index is 0.253. The predicted octanol–water partition coefficient (Wildman–Crippen LogP) is 3.28. The number of nitrogens with two attached hydrogens (primary N) is 1. The highest BCUT2D eigenvalue weighted by atomic mass is 79.9. The maximum atomic E-state index is 13.6. The van der Waals surface area contributed by atoms with E-state index in [1.165, 1.54) is 0 Å². The molecule has 96 valence electrons. The molecule has 0 amide bonds. The maximum Gasteiger partial charge on any atom is 0.132 e. The van der Waals surface area contributed by atoms with Crippen molar-refractivity contribution in [2.75, 3.05) is 0 Å². The van der Waals surface area contributed by atoms with Crippen LogP contribution in [-0.4, -0.2) is 11.2 Å². The van der Waals surface area contributed by atoms with Gasteiger partial charge < -0.3 is 10.8 Å². The van der Waals surface area contributed by atoms with Gasteiger partial charge in [-0.1, -0.05) is 35.7 Å². The smallest absolute Gasteiger partial charge is 0.132 e. The minimum Gasteiger partial charge on any atom is -0.391 e. The summed E-state index contributed by atoms with van der Waals surface area (Å²) in [5.41, 5.74) is 5.43. The Hall–Kier alpha value is -0.520. The van der Waals surface area contributed by atoms with Gasteiger partial charge in [0.1, 0.15) is 11.6 Å². The summed E-state index contributed by atoms with van der Waals surface area (Å²) in [6.45, 7) is 1.97. The first-order valence-electron chi connectivity index (χ1n) is 5.55. The van der Waals surface area contributed by atoms with Crippen molar-refractivity contribution in [1.82, 2.24) is 0 Å². The quantitative estimate of drug-likeness (QED) is 0.877. The van der Waals surface area contributed by atoms with Crippen molar-refractivity contribution in [3.8, 4) is 0 Å². The highest BCUT2D eigenvalue weighted by molar-refractivity contribution is 9.10. The average molecular weight is 308 g/mol. The molecule has 0 bridgehead atoms. The van der Waals surface area contributed by atoms with E-state index in [1.807, 2.05) is 6.92 Å². The van der Waals surface area contributed by atoms with Crippen LogP contribution in [0.1, 0.15) is 37.8 Å². The zero-order chi connectivity index (χ0) is 13.0. The number of hydrogen-bond donors (Lipinski definition) is 2. The monoisotopic (exact) mass is 307 g/mol. The highest BCUT2D eigenvalue weighted by Gasteiger charge is 2.23. The van der Waals surface area contributed by atoms with Gasteiger partial charge in [-0.25, -0.2) is 8.78 Å². The van der Waals surface area contributed by atoms with Crippen LogP contribution >= 0.6 is 15.9 Å². The van der Waals surface area contributed by atoms with Crippen LogP contribution in [0.2, 0.25) is 0 Å². The summed E-state index contributed by atoms with van der Waals surface area (Å²) in [6, 6.07) is 1.25. The number of rotatable bonds is 5. The molecule has 2 atom stereocenters. The second kappa shape index (κ2) is 6.42. The van der Waals surface area contributed by atoms with E-state index in [0.717, 1.165) is 25.0 Å². The first-order valence-corrected chi connectivity index (χ1v) is 6.34. The lowest BCUT2D eigenvalue weighted by atomic mass is 9.97. The second-order valence-electron chi connectivity index (χ2n) is 4.02. The predicted molar refractivity (Wildman–Crippen MR) is 66.5 cm³/mol. The molecule has 1 aromatic carbocycles. The zero-order valence-electron chi connectivity index (χ0n) is 9.59. The first kappa shape index (κ1) is 14.5. The van der Waals surface area contributed by atoms with Crippen LogP contribution in [0.5, 0.6) is 0 Å². The van der Waals surface area contributed by atoms with Gasteiger partial charge in [0.25, 0.3) is 0 Å². The summed E-state index contributed by atoms with van der Waals surface area (Å²) in [4.78, 5) is 0. The van der Waals surface area contributed by atoms with Crippen molar-refractivity contribution < 1.29 is 13.9 Å². The fourth-order valence-corrected chi connectivity index (χ4v) is 2.06. The van der Waals surface area contributed by atoms with Crippen molar-refractivity contribution in [3.63, 3.8) is 0 Å². The van der Waals surface area contributed by atoms with Gasteiger partial charge in [0.2, 0.25) is 0 Å². The van der Waals surface area contributed by atoms with Gasteiger partial charge in [-0.15, -0.1) is 0 Å². The largest absolute Gasteiger partial charge is 0.391 e. The van der Waals surface area contributed by atoms with Crippen LogP contribution in [0.4, 0.5) is 8.78 Å². The van der Waals surface area contributed by atoms with Gasteiger partial charge in [-0.2, -0.15) is 0 Å². The maximum absolute atomic E-state index is 13.6. The Kier molecular flexibility index (Phi) is 5.49. The van der Waals surface area contributed by atoms with Crippen LogP contribution < -0.4 is 5.73 Å². The van der Waals surface area contributed by atoms with Crippen molar-refractivity contribution in [2.24, 2.45) is 5.73 Å². The van der Waals surface area contributed by atoms with Crippen molar-refractivity contribution >= 4 is 15.9 Å². The molecule has 0 unspecified atom stereocenters. The molecule has 0 aliphatic carbocycles. The Morgan fingerprint density at radius 2 is 1.88 bits per heavy atom. The molecular weight excluding hydrogens is 292 g/mol. The molecular formula is C12H16BrF2NO. The van der Waals surface area contributed by atoms with Crippen molar-refractivity contribution in [2.45, 2.75) is 38.3 Å². The SMILES string of the molecule is CCCC[C@H](O)[C@H](N)c1c(F)cc(Br)cc1F. The standard InChI is InChI=1S/C12H16BrF2NO/c1-2-3-4-10(17)12(16)11-8(14)5-7(13)6-9(11)15/h5-6,10,12,17H,2-4,16H2,1H3/t10-,12-/m0/s1. The lowest BCUT2D eigenvalue weighted by molar-refractivity contribution is 0.129. The number of aliphatic hydroxyl groups is 1. The van der Waals surface area contributed by atoms with Gasteiger partial charge in [-0.3, -0.25) is 0 Å². The molecule has 0 aliphatic rings. The third-order valence-corrected chi connectivity index (χ3v) is 3.10. The van der Waals surface area contributed by atoms with Crippen molar-refractivity contribution in [3.05, 3.63) is 33.8 Å². The Labute approximate surface area is 108 Å². The molecule has 0 saturated carbocycles. The molecule has 1 rings (SSSR count). The number of halogens is 3. The summed E-state index contributed by atoms with van der Waals surface area (Å²) < 4.78 is 27.5. The molecule has 0 aromatic heterocycles. The molecule has 0 radical (unpaired) electrons. The Morgan fingerprint density at radius 3 is 2.35 bits per heavy atom. The second-order valence-corrected chi connectivity index (χ2v) is 4.93. The fraction of sp³-hybridized carbons (Fsp3) is 0.500. The molecule has 1 aromatic rings. The van der Waals surface area contributed by atoms with Gasteiger partial charge in [0.05, 0.1) is 12.1 Å². The summed E-state index contributed by atoms with van der Waals surface area (Å²) >= 11 is 2.99. The average Bonchev–Trinajstić information content (AvgIpc) is 2.24. The van der Waals surface area contributed by atoms with E-state index >= 15 is 0 Å². The first-order chi connectivity index (χ1) is 7.97. The van der Waals surface area contributed by atoms with Gasteiger partial charge in [0, 0.05) is 10.0 Å². The fourth-order valence-electron chi connectivity index (χ4n) is 1.66. The van der Waals surface area contributed by atoms with Crippen LogP contribution in [0.3, 0.4) is 0 Å². The number of hydrogen-bond acceptors (Lipinski definition) is 2. The Morgan fingerprint density at radius 1 is 1.35 bits per heavy atom. The zero-order valence-corrected chi connectivity index (χ0v) is 11.2. The summed E-state index contributed by atoms with van der Waals surface area (Å²) in [7, 11) is 0. The number of aliphatic hydroxyl groups excluding tert-OH is 1. The van der Waals surface area contributed by atoms with Crippen LogP contribution in [0.15, 0.2) is 16.6 Å². The molecule has 0 spiro atoms. The number of unbranched alkanes of at least 4 members (excludes halogenated alkanes) is 1. The molecule has 17 heavy (non-hydrogen) atoms. The van der Waals surface area contributed by atoms with Crippen LogP contribution in [0, 0.1) is 11.6 Å². The van der Waals surface area contributed by atoms with E-state index in [2.05, 4.69) is 15.9 Å². The van der Waals surface area contributed by atoms with Crippen LogP contribution in [-0.2, 0) is 0 Å². The molecule has 0 heterocycles. The van der Waals surface area contributed by atoms with E-state index in [-0.39, 0.29) is 5.56 Å². The molecule has 3 N–H and O–H groups in total. The van der Waals surface area contributed by atoms with Crippen LogP contribution in [0.25, 0.3) is 0 Å². The van der Waals surface area contributed by atoms with Crippen molar-refractivity contribution in [1.29, 1.82) is 0 Å². The van der Waals surface area contributed by atoms with E-state index < -0.39 is 23.8 Å². The Balaban J connectivity index is 2.91. The molecule has 5 heteroatoms. The summed E-state index contributed by atoms with van der Waals surface area (Å²) in [6.07, 6.45) is 1.18.